The first kappa shape index (κ1) is 13.5. The van der Waals surface area contributed by atoms with Gasteiger partial charge in [-0.05, 0) is 25.5 Å². The molecule has 5 heteroatoms. The number of anilines is 2. The number of para-hydroxylation sites is 1. The van der Waals surface area contributed by atoms with E-state index >= 15 is 0 Å². The van der Waals surface area contributed by atoms with Gasteiger partial charge in [0.25, 0.3) is 0 Å². The van der Waals surface area contributed by atoms with E-state index in [1.165, 1.54) is 0 Å². The van der Waals surface area contributed by atoms with E-state index in [1.54, 1.807) is 0 Å². The molecule has 19 heavy (non-hydrogen) atoms. The molecule has 1 aromatic carbocycles. The molecule has 0 saturated carbocycles. The first-order chi connectivity index (χ1) is 9.15. The van der Waals surface area contributed by atoms with Gasteiger partial charge in [-0.15, -0.1) is 0 Å². The van der Waals surface area contributed by atoms with Crippen molar-refractivity contribution < 1.29 is 9.53 Å². The van der Waals surface area contributed by atoms with Crippen molar-refractivity contribution in [2.75, 3.05) is 30.3 Å². The van der Waals surface area contributed by atoms with Crippen LogP contribution in [-0.2, 0) is 4.79 Å². The summed E-state index contributed by atoms with van der Waals surface area (Å²) in [7, 11) is 0. The van der Waals surface area contributed by atoms with E-state index in [-0.39, 0.29) is 11.9 Å². The number of benzene rings is 1. The second kappa shape index (κ2) is 5.82. The van der Waals surface area contributed by atoms with E-state index in [4.69, 9.17) is 10.5 Å². The summed E-state index contributed by atoms with van der Waals surface area (Å²) < 4.78 is 5.63. The molecule has 1 heterocycles. The molecule has 0 aliphatic carbocycles. The monoisotopic (exact) mass is 263 g/mol. The van der Waals surface area contributed by atoms with Crippen molar-refractivity contribution in [2.45, 2.75) is 26.3 Å². The van der Waals surface area contributed by atoms with Gasteiger partial charge in [0.15, 0.2) is 0 Å². The fraction of sp³-hybridized carbons (Fsp3) is 0.500. The number of amides is 1. The molecule has 0 radical (unpaired) electrons. The second-order valence-corrected chi connectivity index (χ2v) is 4.70. The Morgan fingerprint density at radius 2 is 2.32 bits per heavy atom. The van der Waals surface area contributed by atoms with Gasteiger partial charge in [0.1, 0.15) is 11.8 Å². The van der Waals surface area contributed by atoms with E-state index in [0.29, 0.717) is 24.6 Å². The van der Waals surface area contributed by atoms with Gasteiger partial charge in [0, 0.05) is 13.1 Å². The van der Waals surface area contributed by atoms with Crippen molar-refractivity contribution in [1.82, 2.24) is 5.32 Å². The van der Waals surface area contributed by atoms with Crippen LogP contribution in [-0.4, -0.2) is 31.6 Å². The Kier molecular flexibility index (Phi) is 4.14. The Labute approximate surface area is 113 Å². The highest BCUT2D eigenvalue weighted by Crippen LogP contribution is 2.33. The molecule has 0 bridgehead atoms. The van der Waals surface area contributed by atoms with Crippen molar-refractivity contribution in [1.29, 1.82) is 0 Å². The van der Waals surface area contributed by atoms with Gasteiger partial charge in [-0.3, -0.25) is 4.79 Å². The molecule has 2 rings (SSSR count). The molecule has 3 N–H and O–H groups in total. The van der Waals surface area contributed by atoms with Crippen LogP contribution in [0.2, 0.25) is 0 Å². The lowest BCUT2D eigenvalue weighted by atomic mass is 10.1. The van der Waals surface area contributed by atoms with Gasteiger partial charge < -0.3 is 20.7 Å². The minimum Gasteiger partial charge on any atom is -0.491 e. The minimum atomic E-state index is -0.211. The number of nitrogens with one attached hydrogen (secondary N) is 1. The summed E-state index contributed by atoms with van der Waals surface area (Å²) in [6, 6.07) is 5.50. The Balaban J connectivity index is 2.26. The Morgan fingerprint density at radius 1 is 1.53 bits per heavy atom. The molecule has 1 aliphatic heterocycles. The normalized spacial score (nSPS) is 19.2. The number of hydrogen-bond donors (Lipinski definition) is 2. The zero-order chi connectivity index (χ0) is 13.8. The van der Waals surface area contributed by atoms with E-state index in [1.807, 2.05) is 30.0 Å². The Morgan fingerprint density at radius 3 is 3.05 bits per heavy atom. The van der Waals surface area contributed by atoms with Crippen molar-refractivity contribution in [2.24, 2.45) is 0 Å². The molecule has 1 atom stereocenters. The second-order valence-electron chi connectivity index (χ2n) is 4.70. The third-order valence-electron chi connectivity index (χ3n) is 3.31. The maximum atomic E-state index is 11.7. The van der Waals surface area contributed by atoms with Crippen LogP contribution < -0.4 is 20.7 Å². The van der Waals surface area contributed by atoms with Crippen LogP contribution in [0.3, 0.4) is 0 Å². The van der Waals surface area contributed by atoms with Gasteiger partial charge in [-0.1, -0.05) is 13.0 Å². The number of nitrogens with zero attached hydrogens (tertiary/aromatic N) is 1. The molecular weight excluding hydrogens is 242 g/mol. The van der Waals surface area contributed by atoms with Gasteiger partial charge in [-0.25, -0.2) is 0 Å². The van der Waals surface area contributed by atoms with Gasteiger partial charge in [0.05, 0.1) is 18.0 Å². The van der Waals surface area contributed by atoms with Crippen LogP contribution in [0.4, 0.5) is 11.4 Å². The highest BCUT2D eigenvalue weighted by molar-refractivity contribution is 5.88. The predicted molar refractivity (Wildman–Crippen MR) is 76.5 cm³/mol. The van der Waals surface area contributed by atoms with Crippen molar-refractivity contribution in [3.05, 3.63) is 18.2 Å². The molecule has 1 aromatic rings. The van der Waals surface area contributed by atoms with Crippen molar-refractivity contribution in [3.63, 3.8) is 0 Å². The molecule has 1 saturated heterocycles. The summed E-state index contributed by atoms with van der Waals surface area (Å²) >= 11 is 0. The van der Waals surface area contributed by atoms with Crippen LogP contribution in [0.1, 0.15) is 20.3 Å². The molecule has 0 aromatic heterocycles. The van der Waals surface area contributed by atoms with Gasteiger partial charge >= 0.3 is 0 Å². The molecule has 5 nitrogen and oxygen atoms in total. The fourth-order valence-corrected chi connectivity index (χ4v) is 2.23. The molecule has 0 spiro atoms. The number of ether oxygens (including phenoxy) is 1. The number of nitrogen functional groups attached to an aromatic ring is 1. The van der Waals surface area contributed by atoms with Crippen molar-refractivity contribution >= 4 is 17.3 Å². The van der Waals surface area contributed by atoms with E-state index in [2.05, 4.69) is 12.2 Å². The Bertz CT molecular complexity index is 462. The number of nitrogens with two attached hydrogens (primary N) is 1. The summed E-state index contributed by atoms with van der Waals surface area (Å²) in [6.07, 6.45) is 0.937. The lowest BCUT2D eigenvalue weighted by Crippen LogP contribution is -2.54. The predicted octanol–water partition coefficient (Wildman–Crippen LogP) is 1.38. The average molecular weight is 263 g/mol. The number of piperazine rings is 1. The third kappa shape index (κ3) is 2.75. The molecule has 1 fully saturated rings. The third-order valence-corrected chi connectivity index (χ3v) is 3.31. The first-order valence-corrected chi connectivity index (χ1v) is 6.70. The number of carbonyl (C=O) groups is 1. The van der Waals surface area contributed by atoms with Gasteiger partial charge in [0.2, 0.25) is 5.91 Å². The van der Waals surface area contributed by atoms with E-state index < -0.39 is 0 Å². The first-order valence-electron chi connectivity index (χ1n) is 6.70. The topological polar surface area (TPSA) is 67.6 Å². The van der Waals surface area contributed by atoms with E-state index in [9.17, 15) is 4.79 Å². The van der Waals surface area contributed by atoms with Crippen LogP contribution in [0, 0.1) is 0 Å². The molecule has 104 valence electrons. The van der Waals surface area contributed by atoms with Crippen LogP contribution in [0.5, 0.6) is 5.75 Å². The number of hydrogen-bond acceptors (Lipinski definition) is 4. The Hall–Kier alpha value is -1.91. The van der Waals surface area contributed by atoms with Crippen LogP contribution >= 0.6 is 0 Å². The molecular formula is C14H21N3O2. The molecule has 1 unspecified atom stereocenters. The lowest BCUT2D eigenvalue weighted by Gasteiger charge is -2.35. The fourth-order valence-electron chi connectivity index (χ4n) is 2.23. The quantitative estimate of drug-likeness (QED) is 0.805. The number of carbonyl (C=O) groups excluding carboxylic acids is 1. The summed E-state index contributed by atoms with van der Waals surface area (Å²) in [6.45, 7) is 5.98. The highest BCUT2D eigenvalue weighted by atomic mass is 16.5. The largest absolute Gasteiger partial charge is 0.491 e. The molecule has 1 aliphatic rings. The maximum absolute atomic E-state index is 11.7. The highest BCUT2D eigenvalue weighted by Gasteiger charge is 2.27. The van der Waals surface area contributed by atoms with Crippen molar-refractivity contribution in [3.8, 4) is 5.75 Å². The van der Waals surface area contributed by atoms with Crippen LogP contribution in [0.25, 0.3) is 0 Å². The summed E-state index contributed by atoms with van der Waals surface area (Å²) in [5, 5.41) is 2.85. The lowest BCUT2D eigenvalue weighted by molar-refractivity contribution is -0.122. The molecule has 1 amide bonds. The summed E-state index contributed by atoms with van der Waals surface area (Å²) in [4.78, 5) is 13.7. The summed E-state index contributed by atoms with van der Waals surface area (Å²) in [5.41, 5.74) is 7.64. The zero-order valence-corrected chi connectivity index (χ0v) is 11.5. The van der Waals surface area contributed by atoms with Crippen LogP contribution in [0.15, 0.2) is 18.2 Å². The number of rotatable bonds is 4. The summed E-state index contributed by atoms with van der Waals surface area (Å²) in [5.74, 6) is 0.725. The van der Waals surface area contributed by atoms with E-state index in [0.717, 1.165) is 18.7 Å². The maximum Gasteiger partial charge on any atom is 0.242 e. The SMILES string of the molecule is CCCOc1cccc(N2CCNC(=O)C2C)c1N. The smallest absolute Gasteiger partial charge is 0.242 e. The zero-order valence-electron chi connectivity index (χ0n) is 11.5. The standard InChI is InChI=1S/C14H21N3O2/c1-3-9-19-12-6-4-5-11(13(12)15)17-8-7-16-14(18)10(17)2/h4-6,10H,3,7-9,15H2,1-2H3,(H,16,18). The average Bonchev–Trinajstić information content (AvgIpc) is 2.41. The van der Waals surface area contributed by atoms with Gasteiger partial charge in [-0.2, -0.15) is 0 Å². The minimum absolute atomic E-state index is 0.0329.